The lowest BCUT2D eigenvalue weighted by atomic mass is 10.2. The Morgan fingerprint density at radius 1 is 1.00 bits per heavy atom. The SMILES string of the molecule is CC[n+]1c(C)n(-c2ccc(C)cc2)c(=O)c2ccccc21. The largest absolute Gasteiger partial charge is 0.350 e. The molecule has 21 heavy (non-hydrogen) atoms. The topological polar surface area (TPSA) is 25.9 Å². The molecule has 3 nitrogen and oxygen atoms in total. The van der Waals surface area contributed by atoms with Crippen LogP contribution in [0.1, 0.15) is 18.3 Å². The van der Waals surface area contributed by atoms with Crippen LogP contribution in [0.15, 0.2) is 53.3 Å². The minimum Gasteiger partial charge on any atom is -0.240 e. The summed E-state index contributed by atoms with van der Waals surface area (Å²) in [6, 6.07) is 15.9. The highest BCUT2D eigenvalue weighted by Gasteiger charge is 2.20. The maximum atomic E-state index is 12.9. The fourth-order valence-electron chi connectivity index (χ4n) is 2.85. The van der Waals surface area contributed by atoms with Crippen LogP contribution >= 0.6 is 0 Å². The lowest BCUT2D eigenvalue weighted by molar-refractivity contribution is -0.678. The van der Waals surface area contributed by atoms with E-state index < -0.39 is 0 Å². The summed E-state index contributed by atoms with van der Waals surface area (Å²) < 4.78 is 3.97. The molecule has 0 fully saturated rings. The fraction of sp³-hybridized carbons (Fsp3) is 0.222. The lowest BCUT2D eigenvalue weighted by Crippen LogP contribution is -2.44. The maximum Gasteiger partial charge on any atom is 0.350 e. The molecule has 2 aromatic carbocycles. The van der Waals surface area contributed by atoms with Gasteiger partial charge in [-0.2, -0.15) is 4.57 Å². The Kier molecular flexibility index (Phi) is 3.34. The quantitative estimate of drug-likeness (QED) is 0.662. The summed E-state index contributed by atoms with van der Waals surface area (Å²) in [5.74, 6) is 0.949. The highest BCUT2D eigenvalue weighted by Crippen LogP contribution is 2.12. The maximum absolute atomic E-state index is 12.9. The standard InChI is InChI=1S/C18H19N2O/c1-4-19-14(3)20(15-11-9-13(2)10-12-15)18(21)16-7-5-6-8-17(16)19/h5-12H,4H2,1-3H3/q+1. The normalized spacial score (nSPS) is 11.0. The van der Waals surface area contributed by atoms with E-state index in [0.717, 1.165) is 29.0 Å². The molecule has 3 heteroatoms. The molecule has 0 aliphatic heterocycles. The van der Waals surface area contributed by atoms with Crippen LogP contribution in [0.25, 0.3) is 16.6 Å². The van der Waals surface area contributed by atoms with Crippen LogP contribution < -0.4 is 10.1 Å². The van der Waals surface area contributed by atoms with Crippen molar-refractivity contribution in [3.05, 3.63) is 70.3 Å². The van der Waals surface area contributed by atoms with E-state index in [4.69, 9.17) is 0 Å². The van der Waals surface area contributed by atoms with Crippen molar-refractivity contribution < 1.29 is 4.57 Å². The molecule has 0 radical (unpaired) electrons. The van der Waals surface area contributed by atoms with Crippen molar-refractivity contribution in [3.63, 3.8) is 0 Å². The van der Waals surface area contributed by atoms with Gasteiger partial charge in [0, 0.05) is 6.92 Å². The third-order valence-corrected chi connectivity index (χ3v) is 3.95. The predicted octanol–water partition coefficient (Wildman–Crippen LogP) is 2.91. The van der Waals surface area contributed by atoms with E-state index in [2.05, 4.69) is 11.5 Å². The average Bonchev–Trinajstić information content (AvgIpc) is 2.50. The minimum atomic E-state index is 0.0386. The Morgan fingerprint density at radius 2 is 1.67 bits per heavy atom. The van der Waals surface area contributed by atoms with E-state index in [1.807, 2.05) is 62.4 Å². The highest BCUT2D eigenvalue weighted by atomic mass is 16.1. The second-order valence-electron chi connectivity index (χ2n) is 5.28. The monoisotopic (exact) mass is 279 g/mol. The van der Waals surface area contributed by atoms with Crippen molar-refractivity contribution >= 4 is 10.9 Å². The van der Waals surface area contributed by atoms with Gasteiger partial charge in [-0.3, -0.25) is 0 Å². The molecule has 1 aromatic heterocycles. The van der Waals surface area contributed by atoms with Crippen LogP contribution in [0.5, 0.6) is 0 Å². The zero-order chi connectivity index (χ0) is 15.0. The van der Waals surface area contributed by atoms with Crippen molar-refractivity contribution in [2.24, 2.45) is 0 Å². The van der Waals surface area contributed by atoms with Crippen molar-refractivity contribution in [1.29, 1.82) is 0 Å². The molecule has 1 heterocycles. The Morgan fingerprint density at radius 3 is 2.33 bits per heavy atom. The van der Waals surface area contributed by atoms with Gasteiger partial charge < -0.3 is 0 Å². The van der Waals surface area contributed by atoms with Gasteiger partial charge in [-0.05, 0) is 38.1 Å². The van der Waals surface area contributed by atoms with Crippen molar-refractivity contribution in [1.82, 2.24) is 4.57 Å². The van der Waals surface area contributed by atoms with E-state index in [9.17, 15) is 4.79 Å². The van der Waals surface area contributed by atoms with E-state index in [-0.39, 0.29) is 5.56 Å². The number of hydrogen-bond acceptors (Lipinski definition) is 1. The van der Waals surface area contributed by atoms with Crippen LogP contribution in [0.3, 0.4) is 0 Å². The summed E-state index contributed by atoms with van der Waals surface area (Å²) in [6.45, 7) is 6.98. The number of aromatic nitrogens is 2. The van der Waals surface area contributed by atoms with Crippen molar-refractivity contribution in [2.45, 2.75) is 27.3 Å². The molecule has 0 unspecified atom stereocenters. The van der Waals surface area contributed by atoms with E-state index >= 15 is 0 Å². The first-order chi connectivity index (χ1) is 10.1. The number of aryl methyl sites for hydroxylation is 2. The zero-order valence-electron chi connectivity index (χ0n) is 12.6. The van der Waals surface area contributed by atoms with Crippen molar-refractivity contribution in [2.75, 3.05) is 0 Å². The first kappa shape index (κ1) is 13.6. The minimum absolute atomic E-state index is 0.0386. The van der Waals surface area contributed by atoms with Gasteiger partial charge in [-0.25, -0.2) is 9.36 Å². The zero-order valence-corrected chi connectivity index (χ0v) is 12.6. The number of nitrogens with zero attached hydrogens (tertiary/aromatic N) is 2. The van der Waals surface area contributed by atoms with E-state index in [0.29, 0.717) is 0 Å². The molecule has 0 N–H and O–H groups in total. The molecule has 106 valence electrons. The van der Waals surface area contributed by atoms with E-state index in [1.165, 1.54) is 5.56 Å². The lowest BCUT2D eigenvalue weighted by Gasteiger charge is -2.10. The van der Waals surface area contributed by atoms with Gasteiger partial charge in [-0.15, -0.1) is 0 Å². The summed E-state index contributed by atoms with van der Waals surface area (Å²) >= 11 is 0. The van der Waals surface area contributed by atoms with Gasteiger partial charge in [0.25, 0.3) is 5.82 Å². The molecule has 0 amide bonds. The Bertz CT molecular complexity index is 861. The number of rotatable bonds is 2. The van der Waals surface area contributed by atoms with E-state index in [1.54, 1.807) is 4.57 Å². The molecular weight excluding hydrogens is 260 g/mol. The van der Waals surface area contributed by atoms with Crippen LogP contribution in [0.2, 0.25) is 0 Å². The highest BCUT2D eigenvalue weighted by molar-refractivity contribution is 5.74. The molecule has 0 atom stereocenters. The number of para-hydroxylation sites is 1. The number of hydrogen-bond donors (Lipinski definition) is 0. The molecule has 0 bridgehead atoms. The van der Waals surface area contributed by atoms with Crippen LogP contribution in [-0.2, 0) is 6.54 Å². The van der Waals surface area contributed by atoms with Crippen LogP contribution in [0, 0.1) is 13.8 Å². The van der Waals surface area contributed by atoms with Gasteiger partial charge in [-0.1, -0.05) is 29.8 Å². The molecular formula is C18H19N2O+. The molecule has 0 aliphatic carbocycles. The first-order valence-corrected chi connectivity index (χ1v) is 7.24. The molecule has 0 spiro atoms. The summed E-state index contributed by atoms with van der Waals surface area (Å²) in [4.78, 5) is 12.9. The second kappa shape index (κ2) is 5.17. The van der Waals surface area contributed by atoms with Gasteiger partial charge in [0.1, 0.15) is 16.6 Å². The third kappa shape index (κ3) is 2.15. The second-order valence-corrected chi connectivity index (χ2v) is 5.28. The van der Waals surface area contributed by atoms with Crippen molar-refractivity contribution in [3.8, 4) is 5.69 Å². The fourth-order valence-corrected chi connectivity index (χ4v) is 2.85. The first-order valence-electron chi connectivity index (χ1n) is 7.24. The van der Waals surface area contributed by atoms with Gasteiger partial charge in [0.05, 0.1) is 6.54 Å². The average molecular weight is 279 g/mol. The number of benzene rings is 2. The molecule has 0 aliphatic rings. The summed E-state index contributed by atoms with van der Waals surface area (Å²) in [6.07, 6.45) is 0. The summed E-state index contributed by atoms with van der Waals surface area (Å²) in [5, 5.41) is 0.755. The third-order valence-electron chi connectivity index (χ3n) is 3.95. The molecule has 3 aromatic rings. The van der Waals surface area contributed by atoms with Crippen LogP contribution in [-0.4, -0.2) is 4.57 Å². The van der Waals surface area contributed by atoms with Gasteiger partial charge in [0.15, 0.2) is 0 Å². The summed E-state index contributed by atoms with van der Waals surface area (Å²) in [7, 11) is 0. The number of fused-ring (bicyclic) bond motifs is 1. The summed E-state index contributed by atoms with van der Waals surface area (Å²) in [5.41, 5.74) is 3.13. The van der Waals surface area contributed by atoms with Crippen LogP contribution in [0.4, 0.5) is 0 Å². The smallest absolute Gasteiger partial charge is 0.240 e. The molecule has 0 saturated heterocycles. The molecule has 3 rings (SSSR count). The molecule has 0 saturated carbocycles. The predicted molar refractivity (Wildman–Crippen MR) is 84.9 cm³/mol. The Balaban J connectivity index is 2.43. The Hall–Kier alpha value is -2.42. The van der Waals surface area contributed by atoms with Gasteiger partial charge >= 0.3 is 5.56 Å². The Labute approximate surface area is 124 Å². The van der Waals surface area contributed by atoms with Gasteiger partial charge in [0.2, 0.25) is 0 Å².